The number of morpholine rings is 1. The standard InChI is InChI=1S/C28H29N3O9S/c1-2-37-22-13-18(3-5-21(22)40-17-26(33)30-7-9-36-10-8-30)14-24-27(34)31(28(35)41-24)16-25(32)29-19-4-6-20-23(15-19)39-12-11-38-20/h3-6,13-15H,2,7-12,16-17H2,1H3,(H,29,32)/b24-14-. The Labute approximate surface area is 240 Å². The number of carbonyl (C=O) groups excluding carboxylic acids is 4. The Morgan fingerprint density at radius 3 is 2.54 bits per heavy atom. The molecule has 12 nitrogen and oxygen atoms in total. The molecule has 0 aromatic heterocycles. The minimum atomic E-state index is -0.577. The van der Waals surface area contributed by atoms with Crippen LogP contribution in [-0.2, 0) is 19.1 Å². The van der Waals surface area contributed by atoms with Crippen molar-refractivity contribution in [1.82, 2.24) is 9.80 Å². The maximum Gasteiger partial charge on any atom is 0.294 e. The van der Waals surface area contributed by atoms with Gasteiger partial charge in [-0.15, -0.1) is 0 Å². The lowest BCUT2D eigenvalue weighted by Gasteiger charge is -2.26. The molecule has 41 heavy (non-hydrogen) atoms. The SMILES string of the molecule is CCOc1cc(/C=C2\SC(=O)N(CC(=O)Nc3ccc4c(c3)OCCO4)C2=O)ccc1OCC(=O)N1CCOCC1. The van der Waals surface area contributed by atoms with Crippen LogP contribution in [0.1, 0.15) is 12.5 Å². The first-order chi connectivity index (χ1) is 19.9. The van der Waals surface area contributed by atoms with Gasteiger partial charge in [-0.1, -0.05) is 6.07 Å². The number of hydrogen-bond acceptors (Lipinski definition) is 10. The second-order valence-electron chi connectivity index (χ2n) is 9.10. The molecule has 13 heteroatoms. The second kappa shape index (κ2) is 13.0. The van der Waals surface area contributed by atoms with Crippen LogP contribution < -0.4 is 24.3 Å². The fourth-order valence-electron chi connectivity index (χ4n) is 4.30. The molecule has 5 rings (SSSR count). The van der Waals surface area contributed by atoms with Gasteiger partial charge in [-0.3, -0.25) is 24.1 Å². The summed E-state index contributed by atoms with van der Waals surface area (Å²) in [7, 11) is 0. The Kier molecular flexibility index (Phi) is 8.95. The average Bonchev–Trinajstić information content (AvgIpc) is 3.24. The summed E-state index contributed by atoms with van der Waals surface area (Å²) in [5.41, 5.74) is 1.05. The van der Waals surface area contributed by atoms with Gasteiger partial charge in [-0.2, -0.15) is 0 Å². The molecule has 3 heterocycles. The van der Waals surface area contributed by atoms with E-state index in [4.69, 9.17) is 23.7 Å². The van der Waals surface area contributed by atoms with Crippen LogP contribution in [0.4, 0.5) is 10.5 Å². The van der Waals surface area contributed by atoms with Crippen LogP contribution in [-0.4, -0.2) is 92.0 Å². The predicted molar refractivity (Wildman–Crippen MR) is 149 cm³/mol. The smallest absolute Gasteiger partial charge is 0.294 e. The van der Waals surface area contributed by atoms with Gasteiger partial charge in [0.25, 0.3) is 17.1 Å². The molecular weight excluding hydrogens is 554 g/mol. The Morgan fingerprint density at radius 1 is 0.976 bits per heavy atom. The third kappa shape index (κ3) is 6.92. The average molecular weight is 584 g/mol. The number of benzene rings is 2. The molecule has 0 saturated carbocycles. The summed E-state index contributed by atoms with van der Waals surface area (Å²) in [6, 6.07) is 9.97. The number of imide groups is 1. The lowest BCUT2D eigenvalue weighted by atomic mass is 10.2. The summed E-state index contributed by atoms with van der Waals surface area (Å²) in [5.74, 6) is 0.618. The first-order valence-electron chi connectivity index (χ1n) is 13.1. The van der Waals surface area contributed by atoms with Gasteiger partial charge in [0.05, 0.1) is 24.7 Å². The van der Waals surface area contributed by atoms with Gasteiger partial charge in [-0.05, 0) is 54.6 Å². The van der Waals surface area contributed by atoms with Crippen LogP contribution in [0.5, 0.6) is 23.0 Å². The van der Waals surface area contributed by atoms with Crippen molar-refractivity contribution < 1.29 is 42.9 Å². The van der Waals surface area contributed by atoms with Gasteiger partial charge >= 0.3 is 0 Å². The Balaban J connectivity index is 1.21. The molecule has 0 bridgehead atoms. The van der Waals surface area contributed by atoms with Crippen LogP contribution >= 0.6 is 11.8 Å². The highest BCUT2D eigenvalue weighted by Crippen LogP contribution is 2.35. The predicted octanol–water partition coefficient (Wildman–Crippen LogP) is 2.77. The van der Waals surface area contributed by atoms with Crippen molar-refractivity contribution in [2.24, 2.45) is 0 Å². The molecule has 0 spiro atoms. The number of anilines is 1. The van der Waals surface area contributed by atoms with Gasteiger partial charge in [0.1, 0.15) is 19.8 Å². The van der Waals surface area contributed by atoms with Gasteiger partial charge in [-0.25, -0.2) is 0 Å². The van der Waals surface area contributed by atoms with E-state index >= 15 is 0 Å². The lowest BCUT2D eigenvalue weighted by molar-refractivity contribution is -0.137. The molecule has 2 aromatic carbocycles. The first kappa shape index (κ1) is 28.3. The molecule has 1 N–H and O–H groups in total. The van der Waals surface area contributed by atoms with Crippen LogP contribution in [0.2, 0.25) is 0 Å². The molecule has 4 amide bonds. The third-order valence-corrected chi connectivity index (χ3v) is 7.19. The Morgan fingerprint density at radius 2 is 1.76 bits per heavy atom. The van der Waals surface area contributed by atoms with Gasteiger partial charge in [0.2, 0.25) is 5.91 Å². The molecule has 3 aliphatic heterocycles. The van der Waals surface area contributed by atoms with E-state index in [2.05, 4.69) is 5.32 Å². The summed E-state index contributed by atoms with van der Waals surface area (Å²) in [6.45, 7) is 4.49. The Hall–Kier alpha value is -4.23. The molecular formula is C28H29N3O9S. The molecule has 0 unspecified atom stereocenters. The number of rotatable bonds is 9. The highest BCUT2D eigenvalue weighted by molar-refractivity contribution is 8.18. The summed E-state index contributed by atoms with van der Waals surface area (Å²) in [6.07, 6.45) is 1.55. The van der Waals surface area contributed by atoms with Crippen molar-refractivity contribution in [3.8, 4) is 23.0 Å². The molecule has 2 saturated heterocycles. The number of hydrogen-bond donors (Lipinski definition) is 1. The minimum absolute atomic E-state index is 0.146. The van der Waals surface area contributed by atoms with E-state index in [1.165, 1.54) is 0 Å². The van der Waals surface area contributed by atoms with Crippen LogP contribution in [0.15, 0.2) is 41.3 Å². The highest BCUT2D eigenvalue weighted by atomic mass is 32.2. The lowest BCUT2D eigenvalue weighted by Crippen LogP contribution is -2.43. The van der Waals surface area contributed by atoms with E-state index in [1.807, 2.05) is 6.92 Å². The van der Waals surface area contributed by atoms with Gasteiger partial charge in [0.15, 0.2) is 29.6 Å². The number of nitrogens with one attached hydrogen (secondary N) is 1. The summed E-state index contributed by atoms with van der Waals surface area (Å²) in [4.78, 5) is 53.4. The van der Waals surface area contributed by atoms with Crippen LogP contribution in [0, 0.1) is 0 Å². The molecule has 2 fully saturated rings. The topological polar surface area (TPSA) is 133 Å². The van der Waals surface area contributed by atoms with Crippen LogP contribution in [0.25, 0.3) is 6.08 Å². The molecule has 2 aromatic rings. The van der Waals surface area contributed by atoms with E-state index < -0.39 is 23.6 Å². The molecule has 0 aliphatic carbocycles. The van der Waals surface area contributed by atoms with Crippen molar-refractivity contribution >= 4 is 46.5 Å². The van der Waals surface area contributed by atoms with Crippen LogP contribution in [0.3, 0.4) is 0 Å². The van der Waals surface area contributed by atoms with Gasteiger partial charge < -0.3 is 33.9 Å². The number of thioether (sulfide) groups is 1. The zero-order chi connectivity index (χ0) is 28.8. The first-order valence-corrected chi connectivity index (χ1v) is 13.9. The maximum atomic E-state index is 13.0. The van der Waals surface area contributed by atoms with E-state index in [0.29, 0.717) is 80.4 Å². The number of amides is 4. The minimum Gasteiger partial charge on any atom is -0.490 e. The third-order valence-electron chi connectivity index (χ3n) is 6.28. The fraction of sp³-hybridized carbons (Fsp3) is 0.357. The zero-order valence-corrected chi connectivity index (χ0v) is 23.2. The fourth-order valence-corrected chi connectivity index (χ4v) is 5.14. The highest BCUT2D eigenvalue weighted by Gasteiger charge is 2.36. The number of fused-ring (bicyclic) bond motifs is 1. The molecule has 3 aliphatic rings. The summed E-state index contributed by atoms with van der Waals surface area (Å²) in [5, 5.41) is 2.13. The van der Waals surface area contributed by atoms with Crippen molar-refractivity contribution in [3.63, 3.8) is 0 Å². The quantitative estimate of drug-likeness (QED) is 0.440. The second-order valence-corrected chi connectivity index (χ2v) is 10.1. The largest absolute Gasteiger partial charge is 0.490 e. The number of carbonyl (C=O) groups is 4. The van der Waals surface area contributed by atoms with Crippen molar-refractivity contribution in [1.29, 1.82) is 0 Å². The summed E-state index contributed by atoms with van der Waals surface area (Å²) >= 11 is 0.746. The van der Waals surface area contributed by atoms with Gasteiger partial charge in [0, 0.05) is 24.8 Å². The number of ether oxygens (including phenoxy) is 5. The molecule has 216 valence electrons. The summed E-state index contributed by atoms with van der Waals surface area (Å²) < 4.78 is 27.7. The van der Waals surface area contributed by atoms with E-state index in [9.17, 15) is 19.2 Å². The van der Waals surface area contributed by atoms with Crippen molar-refractivity contribution in [3.05, 3.63) is 46.9 Å². The maximum absolute atomic E-state index is 13.0. The zero-order valence-electron chi connectivity index (χ0n) is 22.4. The van der Waals surface area contributed by atoms with E-state index in [-0.39, 0.29) is 17.4 Å². The molecule has 0 atom stereocenters. The van der Waals surface area contributed by atoms with E-state index in [1.54, 1.807) is 47.4 Å². The van der Waals surface area contributed by atoms with E-state index in [0.717, 1.165) is 16.7 Å². The monoisotopic (exact) mass is 583 g/mol. The Bertz CT molecular complexity index is 1370. The number of nitrogens with zero attached hydrogens (tertiary/aromatic N) is 2. The molecule has 0 radical (unpaired) electrons. The van der Waals surface area contributed by atoms with Crippen molar-refractivity contribution in [2.75, 3.05) is 64.6 Å². The normalized spacial score (nSPS) is 17.5. The van der Waals surface area contributed by atoms with Crippen molar-refractivity contribution in [2.45, 2.75) is 6.92 Å².